The Labute approximate surface area is 105 Å². The number of benzene rings is 1. The maximum atomic E-state index is 11.7. The van der Waals surface area contributed by atoms with E-state index in [1.54, 1.807) is 18.2 Å². The molecule has 6 nitrogen and oxygen atoms in total. The molecule has 5 N–H and O–H groups in total. The molecule has 0 heterocycles. The maximum Gasteiger partial charge on any atom is 0.225 e. The quantitative estimate of drug-likeness (QED) is 0.437. The van der Waals surface area contributed by atoms with Crippen LogP contribution in [0.15, 0.2) is 24.3 Å². The highest BCUT2D eigenvalue weighted by atomic mass is 16.3. The van der Waals surface area contributed by atoms with E-state index in [1.807, 2.05) is 0 Å². The van der Waals surface area contributed by atoms with Crippen LogP contribution in [0, 0.1) is 0 Å². The first kappa shape index (κ1) is 14.4. The SMILES string of the molecule is O=C(Cc1ccccc1O)NC(CO)(CO)CO. The third-order valence-corrected chi connectivity index (χ3v) is 2.66. The molecule has 1 rings (SSSR count). The van der Waals surface area contributed by atoms with Gasteiger partial charge in [0.25, 0.3) is 0 Å². The normalized spacial score (nSPS) is 11.3. The predicted molar refractivity (Wildman–Crippen MR) is 63.9 cm³/mol. The van der Waals surface area contributed by atoms with Crippen molar-refractivity contribution in [2.75, 3.05) is 19.8 Å². The van der Waals surface area contributed by atoms with E-state index in [1.165, 1.54) is 6.07 Å². The van der Waals surface area contributed by atoms with Gasteiger partial charge < -0.3 is 25.7 Å². The van der Waals surface area contributed by atoms with E-state index in [4.69, 9.17) is 15.3 Å². The summed E-state index contributed by atoms with van der Waals surface area (Å²) >= 11 is 0. The van der Waals surface area contributed by atoms with E-state index in [0.717, 1.165) is 0 Å². The molecule has 1 aromatic rings. The average Bonchev–Trinajstić information content (AvgIpc) is 2.39. The molecule has 18 heavy (non-hydrogen) atoms. The Bertz CT molecular complexity index is 395. The number of phenols is 1. The van der Waals surface area contributed by atoms with Gasteiger partial charge in [-0.3, -0.25) is 4.79 Å². The minimum absolute atomic E-state index is 0.00440. The Kier molecular flexibility index (Phi) is 5.08. The third kappa shape index (κ3) is 3.43. The summed E-state index contributed by atoms with van der Waals surface area (Å²) in [6.45, 7) is -1.73. The van der Waals surface area contributed by atoms with Crippen LogP contribution in [-0.4, -0.2) is 51.7 Å². The second-order valence-electron chi connectivity index (χ2n) is 4.11. The number of para-hydroxylation sites is 1. The number of carbonyl (C=O) groups is 1. The maximum absolute atomic E-state index is 11.7. The van der Waals surface area contributed by atoms with Gasteiger partial charge in [0, 0.05) is 5.56 Å². The van der Waals surface area contributed by atoms with Gasteiger partial charge >= 0.3 is 0 Å². The van der Waals surface area contributed by atoms with Crippen LogP contribution in [-0.2, 0) is 11.2 Å². The number of aliphatic hydroxyl groups excluding tert-OH is 3. The van der Waals surface area contributed by atoms with Crippen molar-refractivity contribution >= 4 is 5.91 Å². The van der Waals surface area contributed by atoms with Crippen molar-refractivity contribution in [3.8, 4) is 5.75 Å². The molecule has 0 saturated carbocycles. The molecule has 0 aliphatic heterocycles. The second kappa shape index (κ2) is 6.34. The summed E-state index contributed by atoms with van der Waals surface area (Å²) in [5.74, 6) is -0.510. The molecule has 1 amide bonds. The summed E-state index contributed by atoms with van der Waals surface area (Å²) in [6, 6.07) is 6.36. The van der Waals surface area contributed by atoms with Crippen LogP contribution in [0.4, 0.5) is 0 Å². The molecule has 0 aliphatic carbocycles. The van der Waals surface area contributed by atoms with Crippen LogP contribution in [0.2, 0.25) is 0 Å². The number of amides is 1. The zero-order valence-corrected chi connectivity index (χ0v) is 9.83. The minimum atomic E-state index is -1.44. The van der Waals surface area contributed by atoms with Crippen LogP contribution in [0.5, 0.6) is 5.75 Å². The van der Waals surface area contributed by atoms with Gasteiger partial charge in [-0.25, -0.2) is 0 Å². The Morgan fingerprint density at radius 1 is 1.11 bits per heavy atom. The van der Waals surface area contributed by atoms with Crippen molar-refractivity contribution in [1.82, 2.24) is 5.32 Å². The molecule has 0 fully saturated rings. The zero-order chi connectivity index (χ0) is 13.6. The van der Waals surface area contributed by atoms with Gasteiger partial charge in [-0.2, -0.15) is 0 Å². The van der Waals surface area contributed by atoms with E-state index in [-0.39, 0.29) is 12.2 Å². The lowest BCUT2D eigenvalue weighted by molar-refractivity contribution is -0.124. The highest BCUT2D eigenvalue weighted by Gasteiger charge is 2.29. The molecule has 1 aromatic carbocycles. The number of aromatic hydroxyl groups is 1. The van der Waals surface area contributed by atoms with Gasteiger partial charge in [-0.05, 0) is 6.07 Å². The fourth-order valence-corrected chi connectivity index (χ4v) is 1.44. The van der Waals surface area contributed by atoms with Crippen LogP contribution in [0.25, 0.3) is 0 Å². The van der Waals surface area contributed by atoms with Crippen LogP contribution in [0.3, 0.4) is 0 Å². The first-order chi connectivity index (χ1) is 8.56. The summed E-state index contributed by atoms with van der Waals surface area (Å²) < 4.78 is 0. The second-order valence-corrected chi connectivity index (χ2v) is 4.11. The summed E-state index contributed by atoms with van der Waals surface area (Å²) in [5.41, 5.74) is -1.01. The number of hydrogen-bond donors (Lipinski definition) is 5. The van der Waals surface area contributed by atoms with E-state index < -0.39 is 31.3 Å². The van der Waals surface area contributed by atoms with Crippen molar-refractivity contribution < 1.29 is 25.2 Å². The predicted octanol–water partition coefficient (Wildman–Crippen LogP) is -1.23. The summed E-state index contributed by atoms with van der Waals surface area (Å²) in [4.78, 5) is 11.7. The first-order valence-electron chi connectivity index (χ1n) is 5.47. The van der Waals surface area contributed by atoms with E-state index in [9.17, 15) is 9.90 Å². The Balaban J connectivity index is 2.70. The number of phenolic OH excluding ortho intramolecular Hbond substituents is 1. The monoisotopic (exact) mass is 255 g/mol. The molecule has 0 aromatic heterocycles. The molecule has 0 spiro atoms. The van der Waals surface area contributed by atoms with Gasteiger partial charge in [0.15, 0.2) is 0 Å². The number of aliphatic hydroxyl groups is 3. The average molecular weight is 255 g/mol. The fraction of sp³-hybridized carbons (Fsp3) is 0.417. The van der Waals surface area contributed by atoms with Gasteiger partial charge in [0.05, 0.1) is 26.2 Å². The standard InChI is InChI=1S/C12H17NO5/c14-6-12(7-15,8-16)13-11(18)5-9-3-1-2-4-10(9)17/h1-4,14-17H,5-8H2,(H,13,18). The largest absolute Gasteiger partial charge is 0.508 e. The van der Waals surface area contributed by atoms with Crippen LogP contribution in [0.1, 0.15) is 5.56 Å². The first-order valence-corrected chi connectivity index (χ1v) is 5.47. The molecular formula is C12H17NO5. The molecule has 0 aliphatic rings. The topological polar surface area (TPSA) is 110 Å². The van der Waals surface area contributed by atoms with E-state index in [0.29, 0.717) is 5.56 Å². The number of carbonyl (C=O) groups excluding carboxylic acids is 1. The van der Waals surface area contributed by atoms with Gasteiger partial charge in [-0.1, -0.05) is 18.2 Å². The summed E-state index contributed by atoms with van der Waals surface area (Å²) in [6.07, 6.45) is -0.103. The Hall–Kier alpha value is -1.63. The Morgan fingerprint density at radius 3 is 2.17 bits per heavy atom. The van der Waals surface area contributed by atoms with Crippen molar-refractivity contribution in [2.45, 2.75) is 12.0 Å². The summed E-state index contributed by atoms with van der Waals surface area (Å²) in [5, 5.41) is 39.0. The van der Waals surface area contributed by atoms with Crippen molar-refractivity contribution in [2.24, 2.45) is 0 Å². The molecule has 100 valence electrons. The van der Waals surface area contributed by atoms with Gasteiger partial charge in [-0.15, -0.1) is 0 Å². The smallest absolute Gasteiger partial charge is 0.225 e. The lowest BCUT2D eigenvalue weighted by atomic mass is 10.0. The van der Waals surface area contributed by atoms with E-state index in [2.05, 4.69) is 5.32 Å². The van der Waals surface area contributed by atoms with E-state index >= 15 is 0 Å². The third-order valence-electron chi connectivity index (χ3n) is 2.66. The van der Waals surface area contributed by atoms with Crippen molar-refractivity contribution in [3.05, 3.63) is 29.8 Å². The lowest BCUT2D eigenvalue weighted by Gasteiger charge is -2.28. The lowest BCUT2D eigenvalue weighted by Crippen LogP contribution is -2.57. The fourth-order valence-electron chi connectivity index (χ4n) is 1.44. The molecule has 6 heteroatoms. The number of hydrogen-bond acceptors (Lipinski definition) is 5. The number of nitrogens with one attached hydrogen (secondary N) is 1. The van der Waals surface area contributed by atoms with Crippen LogP contribution >= 0.6 is 0 Å². The highest BCUT2D eigenvalue weighted by molar-refractivity contribution is 5.80. The number of rotatable bonds is 6. The van der Waals surface area contributed by atoms with Gasteiger partial charge in [0.1, 0.15) is 11.3 Å². The zero-order valence-electron chi connectivity index (χ0n) is 9.83. The Morgan fingerprint density at radius 2 is 1.67 bits per heavy atom. The molecule has 0 saturated heterocycles. The molecule has 0 atom stereocenters. The van der Waals surface area contributed by atoms with Gasteiger partial charge in [0.2, 0.25) is 5.91 Å². The highest BCUT2D eigenvalue weighted by Crippen LogP contribution is 2.16. The molecular weight excluding hydrogens is 238 g/mol. The van der Waals surface area contributed by atoms with Crippen molar-refractivity contribution in [1.29, 1.82) is 0 Å². The molecule has 0 radical (unpaired) electrons. The minimum Gasteiger partial charge on any atom is -0.508 e. The summed E-state index contributed by atoms with van der Waals surface area (Å²) in [7, 11) is 0. The molecule has 0 bridgehead atoms. The molecule has 0 unspecified atom stereocenters. The van der Waals surface area contributed by atoms with Crippen molar-refractivity contribution in [3.63, 3.8) is 0 Å². The van der Waals surface area contributed by atoms with Crippen LogP contribution < -0.4 is 5.32 Å².